The zero-order valence-electron chi connectivity index (χ0n) is 8.82. The van der Waals surface area contributed by atoms with Gasteiger partial charge in [0.2, 0.25) is 0 Å². The van der Waals surface area contributed by atoms with E-state index < -0.39 is 0 Å². The van der Waals surface area contributed by atoms with Gasteiger partial charge in [0.1, 0.15) is 0 Å². The van der Waals surface area contributed by atoms with Gasteiger partial charge in [0.25, 0.3) is 0 Å². The standard InChI is InChI=1S/C11H23N/c1-10(2,3)11(9-12)7-5-4-6-8-11/h4-9,12H2,1-3H3. The number of nitrogens with two attached hydrogens (primary N) is 1. The fourth-order valence-electron chi connectivity index (χ4n) is 2.49. The lowest BCUT2D eigenvalue weighted by Gasteiger charge is -2.47. The summed E-state index contributed by atoms with van der Waals surface area (Å²) in [4.78, 5) is 0. The SMILES string of the molecule is CC(C)(C)C1(CN)CCCCC1. The highest BCUT2D eigenvalue weighted by Gasteiger charge is 2.40. The third-order valence-corrected chi connectivity index (χ3v) is 3.79. The van der Waals surface area contributed by atoms with Gasteiger partial charge in [-0.2, -0.15) is 0 Å². The van der Waals surface area contributed by atoms with E-state index in [9.17, 15) is 0 Å². The molecular weight excluding hydrogens is 146 g/mol. The van der Waals surface area contributed by atoms with E-state index in [1.807, 2.05) is 0 Å². The van der Waals surface area contributed by atoms with Crippen LogP contribution in [0.15, 0.2) is 0 Å². The fourth-order valence-corrected chi connectivity index (χ4v) is 2.49. The van der Waals surface area contributed by atoms with Gasteiger partial charge in [0.15, 0.2) is 0 Å². The zero-order valence-corrected chi connectivity index (χ0v) is 8.82. The topological polar surface area (TPSA) is 26.0 Å². The Hall–Kier alpha value is -0.0400. The summed E-state index contributed by atoms with van der Waals surface area (Å²) in [5.74, 6) is 0. The number of hydrogen-bond acceptors (Lipinski definition) is 1. The van der Waals surface area contributed by atoms with E-state index in [0.29, 0.717) is 10.8 Å². The molecule has 2 N–H and O–H groups in total. The van der Waals surface area contributed by atoms with Crippen LogP contribution in [-0.4, -0.2) is 6.54 Å². The van der Waals surface area contributed by atoms with Gasteiger partial charge in [-0.3, -0.25) is 0 Å². The van der Waals surface area contributed by atoms with Crippen molar-refractivity contribution in [2.24, 2.45) is 16.6 Å². The first-order valence-corrected chi connectivity index (χ1v) is 5.22. The summed E-state index contributed by atoms with van der Waals surface area (Å²) in [7, 11) is 0. The summed E-state index contributed by atoms with van der Waals surface area (Å²) < 4.78 is 0. The monoisotopic (exact) mass is 169 g/mol. The summed E-state index contributed by atoms with van der Waals surface area (Å²) >= 11 is 0. The molecule has 1 rings (SSSR count). The van der Waals surface area contributed by atoms with Crippen LogP contribution in [0.2, 0.25) is 0 Å². The highest BCUT2D eigenvalue weighted by Crippen LogP contribution is 2.48. The molecule has 0 aromatic carbocycles. The molecule has 0 bridgehead atoms. The molecule has 1 nitrogen and oxygen atoms in total. The number of rotatable bonds is 1. The minimum atomic E-state index is 0.391. The molecule has 0 aromatic rings. The maximum atomic E-state index is 5.92. The van der Waals surface area contributed by atoms with Gasteiger partial charge >= 0.3 is 0 Å². The Balaban J connectivity index is 2.73. The van der Waals surface area contributed by atoms with Crippen molar-refractivity contribution in [3.05, 3.63) is 0 Å². The molecule has 1 aliphatic rings. The summed E-state index contributed by atoms with van der Waals surface area (Å²) in [6, 6.07) is 0. The van der Waals surface area contributed by atoms with Gasteiger partial charge in [-0.25, -0.2) is 0 Å². The van der Waals surface area contributed by atoms with Crippen molar-refractivity contribution >= 4 is 0 Å². The minimum Gasteiger partial charge on any atom is -0.330 e. The second-order valence-corrected chi connectivity index (χ2v) is 5.30. The van der Waals surface area contributed by atoms with Gasteiger partial charge in [-0.1, -0.05) is 40.0 Å². The lowest BCUT2D eigenvalue weighted by atomic mass is 9.59. The highest BCUT2D eigenvalue weighted by atomic mass is 14.6. The molecule has 1 heteroatoms. The maximum absolute atomic E-state index is 5.92. The zero-order chi connectivity index (χ0) is 9.24. The second kappa shape index (κ2) is 3.37. The molecule has 0 saturated heterocycles. The van der Waals surface area contributed by atoms with Crippen molar-refractivity contribution in [2.45, 2.75) is 52.9 Å². The average molecular weight is 169 g/mol. The first kappa shape index (κ1) is 10.0. The fraction of sp³-hybridized carbons (Fsp3) is 1.00. The van der Waals surface area contributed by atoms with Gasteiger partial charge in [-0.15, -0.1) is 0 Å². The molecule has 0 aliphatic heterocycles. The molecular formula is C11H23N. The van der Waals surface area contributed by atoms with Crippen LogP contribution in [0.4, 0.5) is 0 Å². The van der Waals surface area contributed by atoms with E-state index in [2.05, 4.69) is 20.8 Å². The van der Waals surface area contributed by atoms with Crippen LogP contribution in [-0.2, 0) is 0 Å². The summed E-state index contributed by atoms with van der Waals surface area (Å²) in [6.07, 6.45) is 6.86. The molecule has 0 heterocycles. The Bertz CT molecular complexity index is 138. The van der Waals surface area contributed by atoms with Crippen molar-refractivity contribution in [3.8, 4) is 0 Å². The van der Waals surface area contributed by atoms with Crippen molar-refractivity contribution in [1.82, 2.24) is 0 Å². The smallest absolute Gasteiger partial charge is 0.00155 e. The van der Waals surface area contributed by atoms with Crippen molar-refractivity contribution in [3.63, 3.8) is 0 Å². The van der Waals surface area contributed by atoms with Crippen molar-refractivity contribution < 1.29 is 0 Å². The van der Waals surface area contributed by atoms with Crippen LogP contribution in [0, 0.1) is 10.8 Å². The van der Waals surface area contributed by atoms with E-state index in [1.54, 1.807) is 0 Å². The highest BCUT2D eigenvalue weighted by molar-refractivity contribution is 4.92. The molecule has 1 aliphatic carbocycles. The Morgan fingerprint density at radius 1 is 1.08 bits per heavy atom. The van der Waals surface area contributed by atoms with Crippen LogP contribution < -0.4 is 5.73 Å². The Morgan fingerprint density at radius 2 is 1.58 bits per heavy atom. The average Bonchev–Trinajstić information content (AvgIpc) is 2.04. The van der Waals surface area contributed by atoms with Crippen LogP contribution in [0.1, 0.15) is 52.9 Å². The molecule has 1 saturated carbocycles. The largest absolute Gasteiger partial charge is 0.330 e. The van der Waals surface area contributed by atoms with Gasteiger partial charge in [-0.05, 0) is 30.2 Å². The first-order chi connectivity index (χ1) is 5.52. The minimum absolute atomic E-state index is 0.391. The number of hydrogen-bond donors (Lipinski definition) is 1. The van der Waals surface area contributed by atoms with Crippen LogP contribution >= 0.6 is 0 Å². The summed E-state index contributed by atoms with van der Waals surface area (Å²) in [5.41, 5.74) is 6.75. The third kappa shape index (κ3) is 1.66. The molecule has 0 radical (unpaired) electrons. The molecule has 0 spiro atoms. The van der Waals surface area contributed by atoms with E-state index in [1.165, 1.54) is 32.1 Å². The van der Waals surface area contributed by atoms with Crippen LogP contribution in [0.25, 0.3) is 0 Å². The van der Waals surface area contributed by atoms with Crippen LogP contribution in [0.5, 0.6) is 0 Å². The normalized spacial score (nSPS) is 24.0. The van der Waals surface area contributed by atoms with Gasteiger partial charge in [0.05, 0.1) is 0 Å². The second-order valence-electron chi connectivity index (χ2n) is 5.30. The van der Waals surface area contributed by atoms with E-state index in [0.717, 1.165) is 6.54 Å². The Morgan fingerprint density at radius 3 is 1.83 bits per heavy atom. The molecule has 0 atom stereocenters. The molecule has 0 amide bonds. The quantitative estimate of drug-likeness (QED) is 0.641. The molecule has 0 aromatic heterocycles. The molecule has 0 unspecified atom stereocenters. The van der Waals surface area contributed by atoms with Gasteiger partial charge < -0.3 is 5.73 Å². The summed E-state index contributed by atoms with van der Waals surface area (Å²) in [6.45, 7) is 7.89. The molecule has 12 heavy (non-hydrogen) atoms. The van der Waals surface area contributed by atoms with E-state index in [-0.39, 0.29) is 0 Å². The lowest BCUT2D eigenvalue weighted by molar-refractivity contribution is 0.0487. The van der Waals surface area contributed by atoms with Crippen molar-refractivity contribution in [1.29, 1.82) is 0 Å². The molecule has 72 valence electrons. The Kier molecular flexibility index (Phi) is 2.82. The van der Waals surface area contributed by atoms with E-state index in [4.69, 9.17) is 5.73 Å². The maximum Gasteiger partial charge on any atom is -0.00155 e. The predicted octanol–water partition coefficient (Wildman–Crippen LogP) is 2.94. The molecule has 1 fully saturated rings. The first-order valence-electron chi connectivity index (χ1n) is 5.22. The van der Waals surface area contributed by atoms with Crippen LogP contribution in [0.3, 0.4) is 0 Å². The third-order valence-electron chi connectivity index (χ3n) is 3.79. The Labute approximate surface area is 76.7 Å². The van der Waals surface area contributed by atoms with Crippen molar-refractivity contribution in [2.75, 3.05) is 6.54 Å². The van der Waals surface area contributed by atoms with Gasteiger partial charge in [0, 0.05) is 0 Å². The van der Waals surface area contributed by atoms with E-state index >= 15 is 0 Å². The lowest BCUT2D eigenvalue weighted by Crippen LogP contribution is -2.43. The predicted molar refractivity (Wildman–Crippen MR) is 54.0 cm³/mol. The summed E-state index contributed by atoms with van der Waals surface area (Å²) in [5, 5.41) is 0.